The van der Waals surface area contributed by atoms with E-state index in [9.17, 15) is 0 Å². The maximum absolute atomic E-state index is 5.96. The van der Waals surface area contributed by atoms with Gasteiger partial charge in [0.2, 0.25) is 0 Å². The molecule has 1 aromatic rings. The van der Waals surface area contributed by atoms with E-state index >= 15 is 0 Å². The first-order chi connectivity index (χ1) is 8.80. The third-order valence-electron chi connectivity index (χ3n) is 4.05. The molecule has 0 saturated carbocycles. The Bertz CT molecular complexity index is 374. The second-order valence-corrected chi connectivity index (χ2v) is 4.95. The molecule has 1 aliphatic rings. The largest absolute Gasteiger partial charge is 0.329 e. The summed E-state index contributed by atoms with van der Waals surface area (Å²) in [7, 11) is 0. The lowest BCUT2D eigenvalue weighted by atomic mass is 10.1. The summed E-state index contributed by atoms with van der Waals surface area (Å²) in [6.07, 6.45) is 0. The molecule has 3 nitrogen and oxygen atoms in total. The van der Waals surface area contributed by atoms with Crippen LogP contribution < -0.4 is 5.73 Å². The second-order valence-electron chi connectivity index (χ2n) is 4.95. The molecule has 0 spiro atoms. The van der Waals surface area contributed by atoms with Gasteiger partial charge in [-0.2, -0.15) is 0 Å². The molecule has 2 N–H and O–H groups in total. The second kappa shape index (κ2) is 6.32. The number of rotatable bonds is 6. The van der Waals surface area contributed by atoms with Crippen LogP contribution in [-0.4, -0.2) is 42.5 Å². The highest BCUT2D eigenvalue weighted by atomic mass is 15.2. The number of nitrogens with zero attached hydrogens (tertiary/aromatic N) is 2. The number of likely N-dealkylation sites (N-methyl/N-ethyl adjacent to an activating group) is 1. The summed E-state index contributed by atoms with van der Waals surface area (Å²) >= 11 is 0. The quantitative estimate of drug-likeness (QED) is 0.832. The summed E-state index contributed by atoms with van der Waals surface area (Å²) in [6.45, 7) is 10.7. The van der Waals surface area contributed by atoms with Crippen molar-refractivity contribution in [2.45, 2.75) is 26.4 Å². The Balaban J connectivity index is 1.99. The Morgan fingerprint density at radius 3 is 2.67 bits per heavy atom. The van der Waals surface area contributed by atoms with Crippen molar-refractivity contribution in [1.82, 2.24) is 9.80 Å². The van der Waals surface area contributed by atoms with Gasteiger partial charge in [0.25, 0.3) is 0 Å². The zero-order chi connectivity index (χ0) is 13.0. The van der Waals surface area contributed by atoms with Gasteiger partial charge in [-0.25, -0.2) is 0 Å². The third-order valence-corrected chi connectivity index (χ3v) is 4.05. The molecular weight excluding hydrogens is 222 g/mol. The minimum absolute atomic E-state index is 0.414. The van der Waals surface area contributed by atoms with Crippen molar-refractivity contribution in [3.05, 3.63) is 35.4 Å². The van der Waals surface area contributed by atoms with E-state index in [-0.39, 0.29) is 0 Å². The van der Waals surface area contributed by atoms with E-state index in [0.717, 1.165) is 39.3 Å². The monoisotopic (exact) mass is 247 g/mol. The SMILES string of the molecule is CCN(CC)CCN1Cc2ccccc2C1CN. The van der Waals surface area contributed by atoms with Gasteiger partial charge < -0.3 is 10.6 Å². The molecule has 3 heteroatoms. The van der Waals surface area contributed by atoms with Gasteiger partial charge in [0.1, 0.15) is 0 Å². The van der Waals surface area contributed by atoms with Gasteiger partial charge in [-0.1, -0.05) is 38.1 Å². The van der Waals surface area contributed by atoms with E-state index in [1.54, 1.807) is 0 Å². The van der Waals surface area contributed by atoms with Gasteiger partial charge >= 0.3 is 0 Å². The van der Waals surface area contributed by atoms with Gasteiger partial charge in [-0.3, -0.25) is 4.90 Å². The van der Waals surface area contributed by atoms with E-state index in [4.69, 9.17) is 5.73 Å². The van der Waals surface area contributed by atoms with Crippen LogP contribution in [0.5, 0.6) is 0 Å². The zero-order valence-electron chi connectivity index (χ0n) is 11.6. The van der Waals surface area contributed by atoms with Crippen LogP contribution in [0.1, 0.15) is 31.0 Å². The maximum Gasteiger partial charge on any atom is 0.0477 e. The van der Waals surface area contributed by atoms with Crippen LogP contribution in [0.25, 0.3) is 0 Å². The van der Waals surface area contributed by atoms with Crippen molar-refractivity contribution in [2.24, 2.45) is 5.73 Å². The van der Waals surface area contributed by atoms with E-state index < -0.39 is 0 Å². The van der Waals surface area contributed by atoms with Crippen molar-refractivity contribution >= 4 is 0 Å². The molecule has 18 heavy (non-hydrogen) atoms. The van der Waals surface area contributed by atoms with Crippen LogP contribution in [-0.2, 0) is 6.54 Å². The van der Waals surface area contributed by atoms with Crippen LogP contribution in [0.3, 0.4) is 0 Å². The molecule has 1 atom stereocenters. The molecule has 0 saturated heterocycles. The van der Waals surface area contributed by atoms with Gasteiger partial charge in [0.05, 0.1) is 0 Å². The molecule has 0 amide bonds. The Morgan fingerprint density at radius 2 is 2.00 bits per heavy atom. The molecule has 2 rings (SSSR count). The molecule has 1 heterocycles. The molecule has 0 radical (unpaired) electrons. The lowest BCUT2D eigenvalue weighted by molar-refractivity contribution is 0.180. The maximum atomic E-state index is 5.96. The smallest absolute Gasteiger partial charge is 0.0477 e. The molecule has 0 fully saturated rings. The van der Waals surface area contributed by atoms with E-state index in [2.05, 4.69) is 47.9 Å². The molecule has 1 unspecified atom stereocenters. The van der Waals surface area contributed by atoms with Gasteiger partial charge in [0, 0.05) is 32.2 Å². The number of fused-ring (bicyclic) bond motifs is 1. The summed E-state index contributed by atoms with van der Waals surface area (Å²) in [5.41, 5.74) is 8.84. The first-order valence-electron chi connectivity index (χ1n) is 7.04. The highest BCUT2D eigenvalue weighted by molar-refractivity contribution is 5.34. The minimum atomic E-state index is 0.414. The minimum Gasteiger partial charge on any atom is -0.329 e. The van der Waals surface area contributed by atoms with Gasteiger partial charge in [-0.15, -0.1) is 0 Å². The van der Waals surface area contributed by atoms with Gasteiger partial charge in [0.15, 0.2) is 0 Å². The first-order valence-corrected chi connectivity index (χ1v) is 7.04. The molecule has 1 aromatic carbocycles. The molecule has 0 aromatic heterocycles. The summed E-state index contributed by atoms with van der Waals surface area (Å²) in [5.74, 6) is 0. The number of hydrogen-bond donors (Lipinski definition) is 1. The molecule has 100 valence electrons. The standard InChI is InChI=1S/C15H25N3/c1-3-17(4-2)9-10-18-12-13-7-5-6-8-14(13)15(18)11-16/h5-8,15H,3-4,9-12,16H2,1-2H3. The van der Waals surface area contributed by atoms with Crippen LogP contribution in [0.2, 0.25) is 0 Å². The van der Waals surface area contributed by atoms with E-state index in [1.807, 2.05) is 0 Å². The average molecular weight is 247 g/mol. The molecule has 0 bridgehead atoms. The first kappa shape index (κ1) is 13.5. The third kappa shape index (κ3) is 2.74. The van der Waals surface area contributed by atoms with Crippen LogP contribution in [0.4, 0.5) is 0 Å². The van der Waals surface area contributed by atoms with E-state index in [0.29, 0.717) is 6.04 Å². The predicted molar refractivity (Wildman–Crippen MR) is 76.4 cm³/mol. The Labute approximate surface area is 111 Å². The van der Waals surface area contributed by atoms with Gasteiger partial charge in [-0.05, 0) is 24.2 Å². The summed E-state index contributed by atoms with van der Waals surface area (Å²) in [6, 6.07) is 9.12. The van der Waals surface area contributed by atoms with Crippen LogP contribution >= 0.6 is 0 Å². The highest BCUT2D eigenvalue weighted by Crippen LogP contribution is 2.32. The fourth-order valence-corrected chi connectivity index (χ4v) is 2.85. The predicted octanol–water partition coefficient (Wildman–Crippen LogP) is 1.84. The Morgan fingerprint density at radius 1 is 1.28 bits per heavy atom. The fourth-order valence-electron chi connectivity index (χ4n) is 2.85. The number of nitrogens with two attached hydrogens (primary N) is 1. The average Bonchev–Trinajstić information content (AvgIpc) is 2.77. The Kier molecular flexibility index (Phi) is 4.75. The fraction of sp³-hybridized carbons (Fsp3) is 0.600. The highest BCUT2D eigenvalue weighted by Gasteiger charge is 2.28. The molecule has 1 aliphatic heterocycles. The van der Waals surface area contributed by atoms with Crippen molar-refractivity contribution in [3.8, 4) is 0 Å². The van der Waals surface area contributed by atoms with Crippen molar-refractivity contribution < 1.29 is 0 Å². The topological polar surface area (TPSA) is 32.5 Å². The van der Waals surface area contributed by atoms with Crippen molar-refractivity contribution in [2.75, 3.05) is 32.7 Å². The zero-order valence-corrected chi connectivity index (χ0v) is 11.6. The van der Waals surface area contributed by atoms with Crippen molar-refractivity contribution in [3.63, 3.8) is 0 Å². The molecular formula is C15H25N3. The summed E-state index contributed by atoms with van der Waals surface area (Å²) < 4.78 is 0. The Hall–Kier alpha value is -0.900. The van der Waals surface area contributed by atoms with E-state index in [1.165, 1.54) is 11.1 Å². The summed E-state index contributed by atoms with van der Waals surface area (Å²) in [4.78, 5) is 4.99. The van der Waals surface area contributed by atoms with Crippen molar-refractivity contribution in [1.29, 1.82) is 0 Å². The lowest BCUT2D eigenvalue weighted by Gasteiger charge is -2.27. The summed E-state index contributed by atoms with van der Waals surface area (Å²) in [5, 5.41) is 0. The van der Waals surface area contributed by atoms with Crippen LogP contribution in [0, 0.1) is 0 Å². The van der Waals surface area contributed by atoms with Crippen LogP contribution in [0.15, 0.2) is 24.3 Å². The number of benzene rings is 1. The lowest BCUT2D eigenvalue weighted by Crippen LogP contribution is -2.36. The molecule has 0 aliphatic carbocycles. The normalized spacial score (nSPS) is 19.4. The number of hydrogen-bond acceptors (Lipinski definition) is 3.